The summed E-state index contributed by atoms with van der Waals surface area (Å²) in [4.78, 5) is 39.2. The van der Waals surface area contributed by atoms with Crippen LogP contribution >= 0.6 is 0 Å². The SMILES string of the molecule is CC[C@H](C)NC(=O)[C@H](c1ccccc1)n1c(=O)n(CC)c(=O)c2ccccc21. The molecule has 28 heavy (non-hydrogen) atoms. The fourth-order valence-electron chi connectivity index (χ4n) is 3.34. The van der Waals surface area contributed by atoms with Gasteiger partial charge in [-0.15, -0.1) is 0 Å². The Kier molecular flexibility index (Phi) is 5.78. The molecule has 0 aliphatic rings. The molecule has 1 N–H and O–H groups in total. The van der Waals surface area contributed by atoms with Gasteiger partial charge in [-0.2, -0.15) is 0 Å². The monoisotopic (exact) mass is 379 g/mol. The van der Waals surface area contributed by atoms with Gasteiger partial charge in [-0.3, -0.25) is 18.7 Å². The van der Waals surface area contributed by atoms with Crippen LogP contribution in [0.5, 0.6) is 0 Å². The second-order valence-electron chi connectivity index (χ2n) is 6.85. The van der Waals surface area contributed by atoms with Crippen LogP contribution in [0.3, 0.4) is 0 Å². The number of carbonyl (C=O) groups is 1. The quantitative estimate of drug-likeness (QED) is 0.716. The van der Waals surface area contributed by atoms with Crippen molar-refractivity contribution >= 4 is 16.8 Å². The number of amides is 1. The molecule has 0 radical (unpaired) electrons. The van der Waals surface area contributed by atoms with Gasteiger partial charge in [0, 0.05) is 12.6 Å². The van der Waals surface area contributed by atoms with E-state index >= 15 is 0 Å². The molecule has 1 heterocycles. The van der Waals surface area contributed by atoms with Crippen LogP contribution in [0.25, 0.3) is 10.9 Å². The van der Waals surface area contributed by atoms with Crippen LogP contribution in [-0.2, 0) is 11.3 Å². The molecule has 146 valence electrons. The molecule has 0 aliphatic heterocycles. The van der Waals surface area contributed by atoms with Gasteiger partial charge in [-0.1, -0.05) is 49.4 Å². The van der Waals surface area contributed by atoms with E-state index in [1.165, 1.54) is 9.13 Å². The maximum absolute atomic E-state index is 13.3. The molecule has 6 nitrogen and oxygen atoms in total. The Labute approximate surface area is 163 Å². The van der Waals surface area contributed by atoms with Crippen LogP contribution in [0.2, 0.25) is 0 Å². The van der Waals surface area contributed by atoms with E-state index in [9.17, 15) is 14.4 Å². The van der Waals surface area contributed by atoms with Crippen molar-refractivity contribution in [3.63, 3.8) is 0 Å². The zero-order valence-corrected chi connectivity index (χ0v) is 16.4. The summed E-state index contributed by atoms with van der Waals surface area (Å²) < 4.78 is 2.61. The zero-order chi connectivity index (χ0) is 20.3. The maximum Gasteiger partial charge on any atom is 0.332 e. The Morgan fingerprint density at radius 3 is 2.29 bits per heavy atom. The fraction of sp³-hybridized carbons (Fsp3) is 0.318. The number of nitrogens with one attached hydrogen (secondary N) is 1. The van der Waals surface area contributed by atoms with Gasteiger partial charge in [0.05, 0.1) is 10.9 Å². The third-order valence-corrected chi connectivity index (χ3v) is 5.02. The first-order valence-corrected chi connectivity index (χ1v) is 9.59. The van der Waals surface area contributed by atoms with E-state index in [0.717, 1.165) is 6.42 Å². The van der Waals surface area contributed by atoms with Crippen LogP contribution < -0.4 is 16.6 Å². The molecular formula is C22H25N3O3. The number of hydrogen-bond donors (Lipinski definition) is 1. The summed E-state index contributed by atoms with van der Waals surface area (Å²) in [6, 6.07) is 15.2. The second kappa shape index (κ2) is 8.25. The molecule has 3 aromatic rings. The summed E-state index contributed by atoms with van der Waals surface area (Å²) in [5.74, 6) is -0.269. The van der Waals surface area contributed by atoms with E-state index in [2.05, 4.69) is 5.32 Å². The van der Waals surface area contributed by atoms with Gasteiger partial charge in [-0.05, 0) is 38.0 Å². The molecule has 2 aromatic carbocycles. The lowest BCUT2D eigenvalue weighted by molar-refractivity contribution is -0.123. The second-order valence-corrected chi connectivity index (χ2v) is 6.85. The summed E-state index contributed by atoms with van der Waals surface area (Å²) in [7, 11) is 0. The predicted octanol–water partition coefficient (Wildman–Crippen LogP) is 2.69. The molecule has 0 unspecified atom stereocenters. The number of rotatable bonds is 6. The highest BCUT2D eigenvalue weighted by atomic mass is 16.2. The van der Waals surface area contributed by atoms with Gasteiger partial charge in [0.2, 0.25) is 5.91 Å². The van der Waals surface area contributed by atoms with Crippen LogP contribution in [0.4, 0.5) is 0 Å². The average molecular weight is 379 g/mol. The number of aromatic nitrogens is 2. The van der Waals surface area contributed by atoms with Crippen molar-refractivity contribution in [1.29, 1.82) is 0 Å². The lowest BCUT2D eigenvalue weighted by Gasteiger charge is -2.24. The van der Waals surface area contributed by atoms with E-state index < -0.39 is 11.7 Å². The number of hydrogen-bond acceptors (Lipinski definition) is 3. The molecule has 0 saturated heterocycles. The lowest BCUT2D eigenvalue weighted by Crippen LogP contribution is -2.46. The maximum atomic E-state index is 13.3. The van der Waals surface area contributed by atoms with Gasteiger partial charge >= 0.3 is 5.69 Å². The standard InChI is InChI=1S/C22H25N3O3/c1-4-15(3)23-20(26)19(16-11-7-6-8-12-16)25-18-14-10-9-13-17(18)21(27)24(5-2)22(25)28/h6-15,19H,4-5H2,1-3H3,(H,23,26)/t15-,19-/m0/s1. The van der Waals surface area contributed by atoms with Crippen molar-refractivity contribution in [2.75, 3.05) is 0 Å². The highest BCUT2D eigenvalue weighted by Crippen LogP contribution is 2.21. The summed E-state index contributed by atoms with van der Waals surface area (Å²) in [5, 5.41) is 3.40. The molecule has 1 amide bonds. The minimum absolute atomic E-state index is 0.0299. The van der Waals surface area contributed by atoms with Gasteiger partial charge in [0.15, 0.2) is 0 Å². The molecular weight excluding hydrogens is 354 g/mol. The van der Waals surface area contributed by atoms with E-state index in [1.807, 2.05) is 44.2 Å². The third kappa shape index (κ3) is 3.50. The van der Waals surface area contributed by atoms with E-state index in [0.29, 0.717) is 16.5 Å². The Morgan fingerprint density at radius 1 is 1.00 bits per heavy atom. The van der Waals surface area contributed by atoms with Gasteiger partial charge in [-0.25, -0.2) is 4.79 Å². The van der Waals surface area contributed by atoms with Crippen molar-refractivity contribution < 1.29 is 4.79 Å². The molecule has 1 aromatic heterocycles. The Balaban J connectivity index is 2.35. The topological polar surface area (TPSA) is 73.1 Å². The van der Waals surface area contributed by atoms with Crippen molar-refractivity contribution in [3.05, 3.63) is 81.0 Å². The molecule has 0 aliphatic carbocycles. The molecule has 0 bridgehead atoms. The van der Waals surface area contributed by atoms with E-state index in [-0.39, 0.29) is 24.1 Å². The Hall–Kier alpha value is -3.15. The Morgan fingerprint density at radius 2 is 1.64 bits per heavy atom. The van der Waals surface area contributed by atoms with Crippen LogP contribution in [0.1, 0.15) is 38.8 Å². The summed E-state index contributed by atoms with van der Waals surface area (Å²) in [6.07, 6.45) is 0.775. The first kappa shape index (κ1) is 19.6. The van der Waals surface area contributed by atoms with Crippen LogP contribution in [0, 0.1) is 0 Å². The predicted molar refractivity (Wildman–Crippen MR) is 111 cm³/mol. The minimum atomic E-state index is -0.869. The number of para-hydroxylation sites is 1. The fourth-order valence-corrected chi connectivity index (χ4v) is 3.34. The largest absolute Gasteiger partial charge is 0.352 e. The average Bonchev–Trinajstić information content (AvgIpc) is 2.72. The van der Waals surface area contributed by atoms with Gasteiger partial charge in [0.1, 0.15) is 6.04 Å². The molecule has 0 saturated carbocycles. The molecule has 3 rings (SSSR count). The smallest absolute Gasteiger partial charge is 0.332 e. The number of fused-ring (bicyclic) bond motifs is 1. The van der Waals surface area contributed by atoms with Crippen molar-refractivity contribution in [3.8, 4) is 0 Å². The summed E-state index contributed by atoms with van der Waals surface area (Å²) in [5.41, 5.74) is 0.320. The zero-order valence-electron chi connectivity index (χ0n) is 16.4. The first-order valence-electron chi connectivity index (χ1n) is 9.59. The van der Waals surface area contributed by atoms with E-state index in [4.69, 9.17) is 0 Å². The molecule has 6 heteroatoms. The van der Waals surface area contributed by atoms with Crippen molar-refractivity contribution in [2.24, 2.45) is 0 Å². The number of benzene rings is 2. The molecule has 2 atom stereocenters. The van der Waals surface area contributed by atoms with E-state index in [1.54, 1.807) is 31.2 Å². The third-order valence-electron chi connectivity index (χ3n) is 5.02. The van der Waals surface area contributed by atoms with Crippen molar-refractivity contribution in [1.82, 2.24) is 14.5 Å². The first-order chi connectivity index (χ1) is 13.5. The Bertz CT molecular complexity index is 1100. The highest BCUT2D eigenvalue weighted by molar-refractivity contribution is 5.87. The molecule has 0 spiro atoms. The normalized spacial score (nSPS) is 13.2. The van der Waals surface area contributed by atoms with Crippen LogP contribution in [-0.4, -0.2) is 21.1 Å². The molecule has 0 fully saturated rings. The number of carbonyl (C=O) groups excluding carboxylic acids is 1. The van der Waals surface area contributed by atoms with Crippen LogP contribution in [0.15, 0.2) is 64.2 Å². The van der Waals surface area contributed by atoms with Crippen molar-refractivity contribution in [2.45, 2.75) is 45.8 Å². The highest BCUT2D eigenvalue weighted by Gasteiger charge is 2.27. The number of nitrogens with zero attached hydrogens (tertiary/aromatic N) is 2. The lowest BCUT2D eigenvalue weighted by atomic mass is 10.0. The summed E-state index contributed by atoms with van der Waals surface area (Å²) >= 11 is 0. The van der Waals surface area contributed by atoms with Gasteiger partial charge in [0.25, 0.3) is 5.56 Å². The minimum Gasteiger partial charge on any atom is -0.352 e. The summed E-state index contributed by atoms with van der Waals surface area (Å²) in [6.45, 7) is 5.89. The van der Waals surface area contributed by atoms with Gasteiger partial charge < -0.3 is 5.32 Å².